The van der Waals surface area contributed by atoms with Gasteiger partial charge in [0.2, 0.25) is 11.7 Å². The fourth-order valence-corrected chi connectivity index (χ4v) is 2.35. The van der Waals surface area contributed by atoms with E-state index in [0.717, 1.165) is 0 Å². The van der Waals surface area contributed by atoms with Gasteiger partial charge in [0.05, 0.1) is 0 Å². The molecule has 0 radical (unpaired) electrons. The van der Waals surface area contributed by atoms with Crippen molar-refractivity contribution in [3.8, 4) is 0 Å². The van der Waals surface area contributed by atoms with Gasteiger partial charge in [0.25, 0.3) is 0 Å². The van der Waals surface area contributed by atoms with E-state index >= 15 is 0 Å². The van der Waals surface area contributed by atoms with Gasteiger partial charge < -0.3 is 16.0 Å². The maximum Gasteiger partial charge on any atom is 0.326 e. The van der Waals surface area contributed by atoms with E-state index in [4.69, 9.17) is 10.6 Å². The highest BCUT2D eigenvalue weighted by atomic mass is 32.2. The molecule has 0 spiro atoms. The Bertz CT molecular complexity index is 459. The van der Waals surface area contributed by atoms with E-state index in [2.05, 4.69) is 10.1 Å². The molecule has 0 aromatic carbocycles. The smallest absolute Gasteiger partial charge is 0.326 e. The van der Waals surface area contributed by atoms with Gasteiger partial charge in [-0.15, -0.1) is 0 Å². The van der Waals surface area contributed by atoms with Crippen LogP contribution in [0.4, 0.5) is 0 Å². The van der Waals surface area contributed by atoms with Crippen molar-refractivity contribution in [1.82, 2.24) is 5.32 Å². The summed E-state index contributed by atoms with van der Waals surface area (Å²) in [5, 5.41) is 10.4. The fraction of sp³-hybridized carbons (Fsp3) is 0.636. The normalized spacial score (nSPS) is 14.5. The van der Waals surface area contributed by atoms with Crippen molar-refractivity contribution in [2.24, 2.45) is 0 Å². The summed E-state index contributed by atoms with van der Waals surface area (Å²) >= 11 is 0. The molecule has 3 atom stereocenters. The highest BCUT2D eigenvalue weighted by Crippen LogP contribution is 2.04. The Morgan fingerprint density at radius 3 is 2.45 bits per heavy atom. The number of carboxylic acids is 1. The van der Waals surface area contributed by atoms with E-state index in [1.807, 2.05) is 0 Å². The summed E-state index contributed by atoms with van der Waals surface area (Å²) in [7, 11) is -1.41. The fourth-order valence-electron chi connectivity index (χ4n) is 1.51. The third-order valence-electron chi connectivity index (χ3n) is 2.56. The molecule has 0 heterocycles. The Kier molecular flexibility index (Phi) is 8.26. The van der Waals surface area contributed by atoms with Gasteiger partial charge in [-0.3, -0.25) is 13.8 Å². The summed E-state index contributed by atoms with van der Waals surface area (Å²) in [4.78, 5) is 36.4. The molecule has 0 rings (SSSR count). The van der Waals surface area contributed by atoms with Crippen molar-refractivity contribution in [3.05, 3.63) is 5.53 Å². The zero-order valence-electron chi connectivity index (χ0n) is 11.2. The first-order valence-corrected chi connectivity index (χ1v) is 7.51. The van der Waals surface area contributed by atoms with Crippen molar-refractivity contribution in [2.45, 2.75) is 37.5 Å². The Morgan fingerprint density at radius 1 is 1.45 bits per heavy atom. The number of rotatable bonds is 9. The van der Waals surface area contributed by atoms with E-state index < -0.39 is 39.8 Å². The minimum Gasteiger partial charge on any atom is -0.480 e. The van der Waals surface area contributed by atoms with Crippen LogP contribution in [0.3, 0.4) is 0 Å². The van der Waals surface area contributed by atoms with Crippen LogP contribution in [0.1, 0.15) is 26.2 Å². The van der Waals surface area contributed by atoms with E-state index in [0.29, 0.717) is 12.6 Å². The first-order chi connectivity index (χ1) is 9.33. The SMILES string of the molecule is CCC(C(=O)NC(CCC(=O)C=[N+]=[N-])C(=O)O)S(C)=O. The molecule has 1 amide bonds. The van der Waals surface area contributed by atoms with Crippen LogP contribution in [0.15, 0.2) is 0 Å². The summed E-state index contributed by atoms with van der Waals surface area (Å²) in [5.74, 6) is -2.47. The lowest BCUT2D eigenvalue weighted by atomic mass is 10.1. The number of hydrogen-bond acceptors (Lipinski definition) is 4. The Balaban J connectivity index is 4.66. The van der Waals surface area contributed by atoms with Crippen LogP contribution in [-0.2, 0) is 25.2 Å². The average Bonchev–Trinajstić information content (AvgIpc) is 2.34. The van der Waals surface area contributed by atoms with Gasteiger partial charge in [-0.25, -0.2) is 4.79 Å². The quantitative estimate of drug-likeness (QED) is 0.331. The predicted octanol–water partition coefficient (Wildman–Crippen LogP) is -0.637. The molecule has 0 aromatic heterocycles. The monoisotopic (exact) mass is 303 g/mol. The largest absolute Gasteiger partial charge is 0.480 e. The first-order valence-electron chi connectivity index (χ1n) is 5.89. The lowest BCUT2D eigenvalue weighted by molar-refractivity contribution is -0.142. The van der Waals surface area contributed by atoms with Gasteiger partial charge in [-0.05, 0) is 12.8 Å². The van der Waals surface area contributed by atoms with Crippen LogP contribution in [0.25, 0.3) is 5.53 Å². The Morgan fingerprint density at radius 2 is 2.05 bits per heavy atom. The molecule has 0 saturated heterocycles. The standard InChI is InChI=1S/C11H17N3O5S/c1-3-9(20(2)19)10(16)14-8(11(17)18)5-4-7(15)6-13-12/h6,8-9H,3-5H2,1-2H3,(H,14,16)(H,17,18). The van der Waals surface area contributed by atoms with Crippen LogP contribution >= 0.6 is 0 Å². The number of carbonyl (C=O) groups excluding carboxylic acids is 2. The molecule has 0 aliphatic heterocycles. The molecule has 112 valence electrons. The van der Waals surface area contributed by atoms with Crippen molar-refractivity contribution < 1.29 is 28.5 Å². The highest BCUT2D eigenvalue weighted by molar-refractivity contribution is 7.85. The molecule has 0 aliphatic carbocycles. The van der Waals surface area contributed by atoms with Gasteiger partial charge in [-0.2, -0.15) is 4.79 Å². The molecule has 3 unspecified atom stereocenters. The number of aliphatic carboxylic acids is 1. The Labute approximate surface area is 118 Å². The molecular weight excluding hydrogens is 286 g/mol. The topological polar surface area (TPSA) is 137 Å². The summed E-state index contributed by atoms with van der Waals surface area (Å²) in [6, 6.07) is -1.25. The zero-order valence-corrected chi connectivity index (χ0v) is 12.1. The van der Waals surface area contributed by atoms with Crippen LogP contribution in [0.2, 0.25) is 0 Å². The van der Waals surface area contributed by atoms with Crippen LogP contribution < -0.4 is 5.32 Å². The Hall–Kier alpha value is -1.86. The van der Waals surface area contributed by atoms with Crippen LogP contribution in [-0.4, -0.2) is 55.5 Å². The second-order valence-electron chi connectivity index (χ2n) is 4.04. The van der Waals surface area contributed by atoms with Gasteiger partial charge in [0.1, 0.15) is 11.3 Å². The van der Waals surface area contributed by atoms with Crippen molar-refractivity contribution in [2.75, 3.05) is 6.26 Å². The third-order valence-corrected chi connectivity index (χ3v) is 3.91. The molecule has 2 N–H and O–H groups in total. The molecule has 9 heteroatoms. The molecular formula is C11H17N3O5S. The van der Waals surface area contributed by atoms with Gasteiger partial charge in [0, 0.05) is 23.5 Å². The second-order valence-corrected chi connectivity index (χ2v) is 5.61. The van der Waals surface area contributed by atoms with E-state index in [9.17, 15) is 18.6 Å². The zero-order chi connectivity index (χ0) is 15.7. The first kappa shape index (κ1) is 18.1. The summed E-state index contributed by atoms with van der Waals surface area (Å²) in [6.45, 7) is 1.67. The van der Waals surface area contributed by atoms with E-state index in [-0.39, 0.29) is 12.8 Å². The number of ketones is 1. The van der Waals surface area contributed by atoms with Gasteiger partial charge >= 0.3 is 12.2 Å². The molecule has 8 nitrogen and oxygen atoms in total. The van der Waals surface area contributed by atoms with Crippen molar-refractivity contribution in [3.63, 3.8) is 0 Å². The summed E-state index contributed by atoms with van der Waals surface area (Å²) in [5.41, 5.74) is 8.15. The number of carbonyl (C=O) groups is 3. The van der Waals surface area contributed by atoms with Gasteiger partial charge in [-0.1, -0.05) is 6.92 Å². The molecule has 20 heavy (non-hydrogen) atoms. The lowest BCUT2D eigenvalue weighted by Gasteiger charge is -2.17. The third kappa shape index (κ3) is 6.35. The number of Topliss-reactive ketones (excluding diaryl/α,β-unsaturated/α-hetero) is 1. The maximum atomic E-state index is 11.8. The minimum absolute atomic E-state index is 0.140. The number of amides is 1. The number of nitrogens with one attached hydrogen (secondary N) is 1. The van der Waals surface area contributed by atoms with Crippen molar-refractivity contribution >= 4 is 34.7 Å². The molecule has 0 saturated carbocycles. The minimum atomic E-state index is -1.41. The summed E-state index contributed by atoms with van der Waals surface area (Å²) in [6.07, 6.45) is 2.02. The molecule has 0 bridgehead atoms. The molecule has 0 aliphatic rings. The predicted molar refractivity (Wildman–Crippen MR) is 71.6 cm³/mol. The number of carboxylic acid groups (broad SMARTS) is 1. The molecule has 0 fully saturated rings. The van der Waals surface area contributed by atoms with Crippen LogP contribution in [0.5, 0.6) is 0 Å². The maximum absolute atomic E-state index is 11.8. The molecule has 0 aromatic rings. The second kappa shape index (κ2) is 9.11. The number of hydrogen-bond donors (Lipinski definition) is 2. The summed E-state index contributed by atoms with van der Waals surface area (Å²) < 4.78 is 11.3. The van der Waals surface area contributed by atoms with Crippen LogP contribution in [0, 0.1) is 0 Å². The van der Waals surface area contributed by atoms with E-state index in [1.165, 1.54) is 6.26 Å². The highest BCUT2D eigenvalue weighted by Gasteiger charge is 2.26. The van der Waals surface area contributed by atoms with Gasteiger partial charge in [0.15, 0.2) is 0 Å². The number of nitrogens with zero attached hydrogens (tertiary/aromatic N) is 2. The lowest BCUT2D eigenvalue weighted by Crippen LogP contribution is -2.46. The van der Waals surface area contributed by atoms with Crippen molar-refractivity contribution in [1.29, 1.82) is 0 Å². The average molecular weight is 303 g/mol. The van der Waals surface area contributed by atoms with E-state index in [1.54, 1.807) is 6.92 Å².